The van der Waals surface area contributed by atoms with Crippen molar-refractivity contribution in [2.24, 2.45) is 40.6 Å². The highest BCUT2D eigenvalue weighted by Gasteiger charge is 2.67. The number of nitrogens with zero attached hydrogens (tertiary/aromatic N) is 2. The molecule has 1 heterocycles. The van der Waals surface area contributed by atoms with Gasteiger partial charge in [-0.1, -0.05) is 49.4 Å². The van der Waals surface area contributed by atoms with E-state index in [-0.39, 0.29) is 35.5 Å². The first kappa shape index (κ1) is 17.9. The molecule has 30 heavy (non-hydrogen) atoms. The molecule has 2 aromatic rings. The summed E-state index contributed by atoms with van der Waals surface area (Å²) in [6.07, 6.45) is 8.05. The SMILES string of the molecule is CCCOc1ccc2ccccc2c1/C=N\N1C(=O)[C@@H]2[C@H]3C=C[C@@H]([C@@H]4C[C@@H]34)[C@@H]2C1=O. The van der Waals surface area contributed by atoms with Crippen molar-refractivity contribution < 1.29 is 14.3 Å². The second kappa shape index (κ2) is 6.53. The molecule has 1 saturated heterocycles. The fourth-order valence-electron chi connectivity index (χ4n) is 5.92. The molecule has 3 fully saturated rings. The van der Waals surface area contributed by atoms with Crippen LogP contribution in [0, 0.1) is 35.5 Å². The summed E-state index contributed by atoms with van der Waals surface area (Å²) in [6, 6.07) is 12.0. The number of benzene rings is 2. The Balaban J connectivity index is 1.36. The van der Waals surface area contributed by atoms with Crippen molar-refractivity contribution in [2.45, 2.75) is 19.8 Å². The molecule has 2 saturated carbocycles. The number of allylic oxidation sites excluding steroid dienone is 2. The van der Waals surface area contributed by atoms with Gasteiger partial charge >= 0.3 is 0 Å². The average Bonchev–Trinajstić information content (AvgIpc) is 3.56. The molecule has 152 valence electrons. The number of hydrazone groups is 1. The van der Waals surface area contributed by atoms with Gasteiger partial charge < -0.3 is 4.74 Å². The number of amides is 2. The fourth-order valence-corrected chi connectivity index (χ4v) is 5.92. The van der Waals surface area contributed by atoms with Crippen LogP contribution in [-0.2, 0) is 9.59 Å². The largest absolute Gasteiger partial charge is 0.493 e. The maximum absolute atomic E-state index is 13.2. The Morgan fingerprint density at radius 3 is 2.43 bits per heavy atom. The van der Waals surface area contributed by atoms with E-state index in [4.69, 9.17) is 4.74 Å². The molecule has 5 heteroatoms. The Morgan fingerprint density at radius 2 is 1.73 bits per heavy atom. The molecular formula is C25H24N2O3. The quantitative estimate of drug-likeness (QED) is 0.433. The van der Waals surface area contributed by atoms with E-state index in [1.165, 1.54) is 0 Å². The van der Waals surface area contributed by atoms with Gasteiger partial charge in [-0.2, -0.15) is 10.1 Å². The van der Waals surface area contributed by atoms with Gasteiger partial charge in [0.1, 0.15) is 5.75 Å². The Kier molecular flexibility index (Phi) is 3.89. The summed E-state index contributed by atoms with van der Waals surface area (Å²) >= 11 is 0. The van der Waals surface area contributed by atoms with Crippen LogP contribution in [-0.4, -0.2) is 29.6 Å². The monoisotopic (exact) mass is 400 g/mol. The van der Waals surface area contributed by atoms with E-state index in [1.54, 1.807) is 6.21 Å². The second-order valence-electron chi connectivity index (χ2n) is 8.93. The van der Waals surface area contributed by atoms with Gasteiger partial charge in [-0.25, -0.2) is 0 Å². The highest BCUT2D eigenvalue weighted by molar-refractivity contribution is 6.08. The molecule has 0 radical (unpaired) electrons. The molecule has 2 bridgehead atoms. The molecule has 6 atom stereocenters. The average molecular weight is 400 g/mol. The first-order valence-electron chi connectivity index (χ1n) is 10.9. The summed E-state index contributed by atoms with van der Waals surface area (Å²) in [5.41, 5.74) is 0.806. The van der Waals surface area contributed by atoms with Crippen molar-refractivity contribution in [3.05, 3.63) is 54.1 Å². The molecule has 4 aliphatic carbocycles. The Hall–Kier alpha value is -2.95. The van der Waals surface area contributed by atoms with Gasteiger partial charge in [-0.3, -0.25) is 9.59 Å². The van der Waals surface area contributed by atoms with Gasteiger partial charge in [-0.05, 0) is 53.4 Å². The lowest BCUT2D eigenvalue weighted by Gasteiger charge is -2.37. The van der Waals surface area contributed by atoms with E-state index in [0.29, 0.717) is 18.4 Å². The number of ether oxygens (including phenoxy) is 1. The van der Waals surface area contributed by atoms with Crippen molar-refractivity contribution in [1.82, 2.24) is 5.01 Å². The zero-order chi connectivity index (χ0) is 20.4. The summed E-state index contributed by atoms with van der Waals surface area (Å²) in [4.78, 5) is 26.3. The van der Waals surface area contributed by atoms with E-state index in [1.807, 2.05) is 36.4 Å². The van der Waals surface area contributed by atoms with Gasteiger partial charge in [0.05, 0.1) is 24.7 Å². The lowest BCUT2D eigenvalue weighted by molar-refractivity contribution is -0.140. The van der Waals surface area contributed by atoms with Gasteiger partial charge in [0.15, 0.2) is 0 Å². The van der Waals surface area contributed by atoms with Crippen LogP contribution in [0.25, 0.3) is 10.8 Å². The maximum atomic E-state index is 13.2. The standard InChI is InChI=1S/C25H24N2O3/c1-2-11-30-21-10-7-14-5-3-4-6-15(14)20(21)13-26-27-24(28)22-16-8-9-17(19-12-18(16)19)23(22)25(27)29/h3-10,13,16-19,22-23H,2,11-12H2,1H3/b26-13-/t16-,17-,18-,19-,22-,23+/m0/s1. The Morgan fingerprint density at radius 1 is 1.03 bits per heavy atom. The number of hydrogen-bond acceptors (Lipinski definition) is 4. The summed E-state index contributed by atoms with van der Waals surface area (Å²) < 4.78 is 5.93. The number of fused-ring (bicyclic) bond motifs is 1. The van der Waals surface area contributed by atoms with Gasteiger partial charge in [0, 0.05) is 5.56 Å². The van der Waals surface area contributed by atoms with Crippen LogP contribution < -0.4 is 4.74 Å². The first-order chi connectivity index (χ1) is 14.7. The highest BCUT2D eigenvalue weighted by Crippen LogP contribution is 2.65. The molecule has 1 aliphatic heterocycles. The van der Waals surface area contributed by atoms with Crippen LogP contribution in [0.5, 0.6) is 5.75 Å². The Labute approximate surface area is 175 Å². The van der Waals surface area contributed by atoms with Gasteiger partial charge in [-0.15, -0.1) is 0 Å². The molecule has 7 rings (SSSR count). The minimum absolute atomic E-state index is 0.137. The third-order valence-corrected chi connectivity index (χ3v) is 7.33. The summed E-state index contributed by atoms with van der Waals surface area (Å²) in [5.74, 6) is 1.60. The van der Waals surface area contributed by atoms with Crippen LogP contribution in [0.3, 0.4) is 0 Å². The van der Waals surface area contributed by atoms with E-state index < -0.39 is 0 Å². The van der Waals surface area contributed by atoms with E-state index in [0.717, 1.165) is 39.9 Å². The maximum Gasteiger partial charge on any atom is 0.254 e. The third-order valence-electron chi connectivity index (χ3n) is 7.33. The summed E-state index contributed by atoms with van der Waals surface area (Å²) in [6.45, 7) is 2.66. The lowest BCUT2D eigenvalue weighted by atomic mass is 9.63. The van der Waals surface area contributed by atoms with Crippen molar-refractivity contribution in [3.8, 4) is 5.75 Å². The zero-order valence-corrected chi connectivity index (χ0v) is 16.9. The fraction of sp³-hybridized carbons (Fsp3) is 0.400. The van der Waals surface area contributed by atoms with E-state index >= 15 is 0 Å². The molecule has 2 amide bonds. The van der Waals surface area contributed by atoms with Crippen LogP contribution in [0.15, 0.2) is 53.7 Å². The first-order valence-corrected chi connectivity index (χ1v) is 10.9. The van der Waals surface area contributed by atoms with E-state index in [9.17, 15) is 9.59 Å². The van der Waals surface area contributed by atoms with Crippen molar-refractivity contribution in [2.75, 3.05) is 6.61 Å². The van der Waals surface area contributed by atoms with Gasteiger partial charge in [0.2, 0.25) is 0 Å². The smallest absolute Gasteiger partial charge is 0.254 e. The number of rotatable bonds is 5. The number of imide groups is 1. The highest BCUT2D eigenvalue weighted by atomic mass is 16.5. The van der Waals surface area contributed by atoms with Crippen LogP contribution in [0.1, 0.15) is 25.3 Å². The van der Waals surface area contributed by atoms with Crippen LogP contribution >= 0.6 is 0 Å². The molecule has 0 spiro atoms. The molecule has 2 aromatic carbocycles. The predicted octanol–water partition coefficient (Wildman–Crippen LogP) is 4.02. The van der Waals surface area contributed by atoms with Gasteiger partial charge in [0.25, 0.3) is 11.8 Å². The van der Waals surface area contributed by atoms with Crippen molar-refractivity contribution >= 4 is 28.8 Å². The predicted molar refractivity (Wildman–Crippen MR) is 114 cm³/mol. The minimum atomic E-state index is -0.225. The second-order valence-corrected chi connectivity index (χ2v) is 8.93. The minimum Gasteiger partial charge on any atom is -0.493 e. The summed E-state index contributed by atoms with van der Waals surface area (Å²) in [7, 11) is 0. The molecule has 5 aliphatic rings. The van der Waals surface area contributed by atoms with Crippen molar-refractivity contribution in [3.63, 3.8) is 0 Å². The summed E-state index contributed by atoms with van der Waals surface area (Å²) in [5, 5.41) is 7.64. The third kappa shape index (κ3) is 2.44. The van der Waals surface area contributed by atoms with Crippen LogP contribution in [0.4, 0.5) is 0 Å². The molecule has 0 N–H and O–H groups in total. The molecule has 0 aromatic heterocycles. The topological polar surface area (TPSA) is 59.0 Å². The number of carbonyl (C=O) groups is 2. The molecule has 0 unspecified atom stereocenters. The van der Waals surface area contributed by atoms with Crippen molar-refractivity contribution in [1.29, 1.82) is 0 Å². The molecule has 5 nitrogen and oxygen atoms in total. The number of carbonyl (C=O) groups excluding carboxylic acids is 2. The zero-order valence-electron chi connectivity index (χ0n) is 16.9. The lowest BCUT2D eigenvalue weighted by Crippen LogP contribution is -2.40. The molecular weight excluding hydrogens is 376 g/mol. The van der Waals surface area contributed by atoms with Crippen LogP contribution in [0.2, 0.25) is 0 Å². The Bertz CT molecular complexity index is 1080. The normalized spacial score (nSPS) is 33.4. The number of hydrogen-bond donors (Lipinski definition) is 0. The van der Waals surface area contributed by atoms with E-state index in [2.05, 4.69) is 24.2 Å².